The molecule has 1 atom stereocenters. The van der Waals surface area contributed by atoms with Crippen LogP contribution in [0.2, 0.25) is 0 Å². The van der Waals surface area contributed by atoms with Gasteiger partial charge < -0.3 is 9.57 Å². The summed E-state index contributed by atoms with van der Waals surface area (Å²) in [6.45, 7) is 0. The first kappa shape index (κ1) is 15.6. The Morgan fingerprint density at radius 3 is 2.17 bits per heavy atom. The van der Waals surface area contributed by atoms with Crippen molar-refractivity contribution in [1.29, 1.82) is 0 Å². The maximum Gasteiger partial charge on any atom is 0.365 e. The molecule has 0 spiro atoms. The van der Waals surface area contributed by atoms with Gasteiger partial charge in [-0.05, 0) is 12.1 Å². The number of nitrogens with zero attached hydrogens (tertiary/aromatic N) is 1. The van der Waals surface area contributed by atoms with Crippen molar-refractivity contribution in [3.8, 4) is 0 Å². The molecule has 0 radical (unpaired) electrons. The highest BCUT2D eigenvalue weighted by Gasteiger charge is 2.52. The Morgan fingerprint density at radius 2 is 1.74 bits per heavy atom. The molecule has 23 heavy (non-hydrogen) atoms. The van der Waals surface area contributed by atoms with Crippen LogP contribution in [0.4, 0.5) is 0 Å². The summed E-state index contributed by atoms with van der Waals surface area (Å²) in [7, 11) is -2.25. The number of hydroxylamine groups is 2. The van der Waals surface area contributed by atoms with Crippen molar-refractivity contribution in [3.63, 3.8) is 0 Å². The molecule has 3 rings (SSSR count). The normalized spacial score (nSPS) is 25.5. The number of amides is 2. The van der Waals surface area contributed by atoms with Crippen LogP contribution >= 0.6 is 0 Å². The van der Waals surface area contributed by atoms with E-state index < -0.39 is 39.0 Å². The molecule has 1 aromatic carbocycles. The number of carbonyl (C=O) groups excluding carboxylic acids is 3. The second-order valence-corrected chi connectivity index (χ2v) is 7.55. The van der Waals surface area contributed by atoms with Crippen molar-refractivity contribution >= 4 is 27.6 Å². The molecule has 122 valence electrons. The van der Waals surface area contributed by atoms with Crippen LogP contribution in [0, 0.1) is 0 Å². The smallest absolute Gasteiger partial charge is 0.365 e. The summed E-state index contributed by atoms with van der Waals surface area (Å²) < 4.78 is 28.3. The van der Waals surface area contributed by atoms with Gasteiger partial charge in [0.05, 0.1) is 22.6 Å². The minimum absolute atomic E-state index is 0.0894. The molecule has 1 saturated heterocycles. The molecule has 0 N–H and O–H groups in total. The van der Waals surface area contributed by atoms with Crippen molar-refractivity contribution in [2.75, 3.05) is 18.6 Å². The average molecular weight is 339 g/mol. The third kappa shape index (κ3) is 2.41. The molecule has 9 heteroatoms. The lowest BCUT2D eigenvalue weighted by atomic mass is 10.0. The summed E-state index contributed by atoms with van der Waals surface area (Å²) in [5.41, 5.74) is -1.46. The third-order valence-electron chi connectivity index (χ3n) is 3.96. The number of rotatable bonds is 3. The second-order valence-electron chi connectivity index (χ2n) is 5.37. The van der Waals surface area contributed by atoms with Gasteiger partial charge >= 0.3 is 5.97 Å². The first-order chi connectivity index (χ1) is 10.8. The van der Waals surface area contributed by atoms with Crippen LogP contribution in [0.25, 0.3) is 0 Å². The number of hydrogen-bond donors (Lipinski definition) is 0. The van der Waals surface area contributed by atoms with Gasteiger partial charge in [0.1, 0.15) is 0 Å². The van der Waals surface area contributed by atoms with E-state index in [4.69, 9.17) is 9.57 Å². The standard InChI is InChI=1S/C14H13NO7S/c1-21-14(6-7-23(19,20)8-14)13(18)22-15-11(16)9-4-2-3-5-10(9)12(15)17/h2-5H,6-8H2,1H3. The van der Waals surface area contributed by atoms with E-state index in [1.54, 1.807) is 12.1 Å². The lowest BCUT2D eigenvalue weighted by molar-refractivity contribution is -0.190. The van der Waals surface area contributed by atoms with Crippen LogP contribution in [0.5, 0.6) is 0 Å². The summed E-state index contributed by atoms with van der Waals surface area (Å²) in [5, 5.41) is 0.346. The van der Waals surface area contributed by atoms with E-state index in [2.05, 4.69) is 0 Å². The van der Waals surface area contributed by atoms with Crippen LogP contribution < -0.4 is 0 Å². The minimum Gasteiger partial charge on any atom is -0.365 e. The fourth-order valence-electron chi connectivity index (χ4n) is 2.64. The zero-order chi connectivity index (χ0) is 16.8. The van der Waals surface area contributed by atoms with Crippen LogP contribution in [0.3, 0.4) is 0 Å². The van der Waals surface area contributed by atoms with Gasteiger partial charge in [0.25, 0.3) is 11.8 Å². The Labute approximate surface area is 131 Å². The monoisotopic (exact) mass is 339 g/mol. The number of fused-ring (bicyclic) bond motifs is 1. The quantitative estimate of drug-likeness (QED) is 0.710. The first-order valence-corrected chi connectivity index (χ1v) is 8.58. The number of benzene rings is 1. The Balaban J connectivity index is 1.85. The van der Waals surface area contributed by atoms with Crippen molar-refractivity contribution in [3.05, 3.63) is 35.4 Å². The highest BCUT2D eigenvalue weighted by Crippen LogP contribution is 2.30. The number of carbonyl (C=O) groups is 3. The fourth-order valence-corrected chi connectivity index (χ4v) is 4.52. The molecule has 0 saturated carbocycles. The van der Waals surface area contributed by atoms with Gasteiger partial charge in [-0.2, -0.15) is 0 Å². The number of methoxy groups -OCH3 is 1. The van der Waals surface area contributed by atoms with E-state index in [9.17, 15) is 22.8 Å². The molecular formula is C14H13NO7S. The summed E-state index contributed by atoms with van der Waals surface area (Å²) in [6.07, 6.45) is -0.0894. The van der Waals surface area contributed by atoms with Crippen LogP contribution in [0.1, 0.15) is 27.1 Å². The van der Waals surface area contributed by atoms with E-state index >= 15 is 0 Å². The second kappa shape index (κ2) is 5.14. The summed E-state index contributed by atoms with van der Waals surface area (Å²) >= 11 is 0. The predicted molar refractivity (Wildman–Crippen MR) is 76.0 cm³/mol. The SMILES string of the molecule is COC1(C(=O)ON2C(=O)c3ccccc3C2=O)CCS(=O)(=O)C1. The van der Waals surface area contributed by atoms with E-state index in [-0.39, 0.29) is 23.3 Å². The highest BCUT2D eigenvalue weighted by atomic mass is 32.2. The van der Waals surface area contributed by atoms with Crippen molar-refractivity contribution < 1.29 is 32.4 Å². The molecule has 2 amide bonds. The Bertz CT molecular complexity index is 781. The van der Waals surface area contributed by atoms with Crippen molar-refractivity contribution in [2.45, 2.75) is 12.0 Å². The number of imide groups is 1. The van der Waals surface area contributed by atoms with E-state index in [1.807, 2.05) is 0 Å². The van der Waals surface area contributed by atoms with Crippen LogP contribution in [-0.4, -0.2) is 55.5 Å². The largest absolute Gasteiger partial charge is 0.365 e. The fraction of sp³-hybridized carbons (Fsp3) is 0.357. The van der Waals surface area contributed by atoms with Crippen molar-refractivity contribution in [2.24, 2.45) is 0 Å². The zero-order valence-corrected chi connectivity index (χ0v) is 13.0. The predicted octanol–water partition coefficient (Wildman–Crippen LogP) is -0.0555. The van der Waals surface area contributed by atoms with Gasteiger partial charge in [-0.3, -0.25) is 9.59 Å². The van der Waals surface area contributed by atoms with Crippen LogP contribution in [0.15, 0.2) is 24.3 Å². The molecule has 0 bridgehead atoms. The van der Waals surface area contributed by atoms with E-state index in [1.165, 1.54) is 19.2 Å². The van der Waals surface area contributed by atoms with Gasteiger partial charge in [0.2, 0.25) is 0 Å². The van der Waals surface area contributed by atoms with Gasteiger partial charge in [-0.25, -0.2) is 13.2 Å². The molecule has 2 aliphatic heterocycles. The number of ether oxygens (including phenoxy) is 1. The van der Waals surface area contributed by atoms with E-state index in [0.29, 0.717) is 5.06 Å². The minimum atomic E-state index is -3.44. The third-order valence-corrected chi connectivity index (χ3v) is 5.70. The first-order valence-electron chi connectivity index (χ1n) is 6.75. The molecule has 2 aliphatic rings. The van der Waals surface area contributed by atoms with Gasteiger partial charge in [-0.15, -0.1) is 0 Å². The number of sulfone groups is 1. The average Bonchev–Trinajstić information content (AvgIpc) is 2.98. The van der Waals surface area contributed by atoms with Gasteiger partial charge in [-0.1, -0.05) is 17.2 Å². The maximum atomic E-state index is 12.3. The topological polar surface area (TPSA) is 107 Å². The molecular weight excluding hydrogens is 326 g/mol. The molecule has 1 unspecified atom stereocenters. The maximum absolute atomic E-state index is 12.3. The Morgan fingerprint density at radius 1 is 1.17 bits per heavy atom. The molecule has 0 aliphatic carbocycles. The Hall–Kier alpha value is -2.26. The summed E-state index contributed by atoms with van der Waals surface area (Å²) in [5.74, 6) is -3.39. The zero-order valence-electron chi connectivity index (χ0n) is 12.1. The number of hydrogen-bond acceptors (Lipinski definition) is 7. The molecule has 1 aromatic rings. The van der Waals surface area contributed by atoms with Crippen LogP contribution in [-0.2, 0) is 24.2 Å². The van der Waals surface area contributed by atoms with Crippen molar-refractivity contribution in [1.82, 2.24) is 5.06 Å². The molecule has 0 aromatic heterocycles. The highest BCUT2D eigenvalue weighted by molar-refractivity contribution is 7.91. The molecule has 1 fully saturated rings. The lowest BCUT2D eigenvalue weighted by Gasteiger charge is -2.25. The molecule has 2 heterocycles. The van der Waals surface area contributed by atoms with Gasteiger partial charge in [0, 0.05) is 13.5 Å². The summed E-state index contributed by atoms with van der Waals surface area (Å²) in [4.78, 5) is 41.5. The molecule has 8 nitrogen and oxygen atoms in total. The van der Waals surface area contributed by atoms with Gasteiger partial charge in [0.15, 0.2) is 15.4 Å². The summed E-state index contributed by atoms with van der Waals surface area (Å²) in [6, 6.07) is 6.04. The Kier molecular flexibility index (Phi) is 3.49. The van der Waals surface area contributed by atoms with E-state index in [0.717, 1.165) is 0 Å². The lowest BCUT2D eigenvalue weighted by Crippen LogP contribution is -2.47.